The van der Waals surface area contributed by atoms with Gasteiger partial charge in [-0.05, 0) is 30.3 Å². The van der Waals surface area contributed by atoms with Gasteiger partial charge in [-0.1, -0.05) is 0 Å². The van der Waals surface area contributed by atoms with Crippen LogP contribution in [0.4, 0.5) is 40.7 Å². The fourth-order valence-corrected chi connectivity index (χ4v) is 3.70. The molecule has 1 saturated heterocycles. The normalized spacial score (nSPS) is 14.2. The van der Waals surface area contributed by atoms with Crippen molar-refractivity contribution < 1.29 is 22.3 Å². The van der Waals surface area contributed by atoms with Crippen LogP contribution in [-0.2, 0) is 10.9 Å². The van der Waals surface area contributed by atoms with Gasteiger partial charge in [0.15, 0.2) is 11.6 Å². The van der Waals surface area contributed by atoms with E-state index in [4.69, 9.17) is 4.74 Å². The zero-order valence-electron chi connectivity index (χ0n) is 19.7. The number of halogens is 4. The van der Waals surface area contributed by atoms with Gasteiger partial charge in [0.2, 0.25) is 5.95 Å². The SMILES string of the molecule is Fc1cnc(N/N=C/c2ccc(Nc3cc(-n4ccnc4)cc(C(F)(F)F)c3)cn2)nc1N1CCOCC1. The van der Waals surface area contributed by atoms with E-state index in [-0.39, 0.29) is 17.5 Å². The second-order valence-electron chi connectivity index (χ2n) is 8.17. The zero-order chi connectivity index (χ0) is 26.5. The molecule has 14 heteroatoms. The molecular weight excluding hydrogens is 506 g/mol. The summed E-state index contributed by atoms with van der Waals surface area (Å²) in [5.41, 5.74) is 3.33. The van der Waals surface area contributed by atoms with E-state index in [0.717, 1.165) is 18.3 Å². The average molecular weight is 527 g/mol. The van der Waals surface area contributed by atoms with Crippen LogP contribution in [0, 0.1) is 5.82 Å². The summed E-state index contributed by atoms with van der Waals surface area (Å²) in [6, 6.07) is 6.92. The molecule has 1 aromatic carbocycles. The Labute approximate surface area is 214 Å². The first kappa shape index (κ1) is 25.1. The maximum absolute atomic E-state index is 14.2. The number of alkyl halides is 3. The fourth-order valence-electron chi connectivity index (χ4n) is 3.70. The molecule has 3 aromatic heterocycles. The molecule has 38 heavy (non-hydrogen) atoms. The van der Waals surface area contributed by atoms with Gasteiger partial charge in [0, 0.05) is 36.9 Å². The first-order valence-corrected chi connectivity index (χ1v) is 11.4. The number of rotatable bonds is 7. The Bertz CT molecular complexity index is 1400. The highest BCUT2D eigenvalue weighted by Gasteiger charge is 2.31. The highest BCUT2D eigenvalue weighted by molar-refractivity contribution is 5.78. The topological polar surface area (TPSA) is 105 Å². The first-order valence-electron chi connectivity index (χ1n) is 11.4. The summed E-state index contributed by atoms with van der Waals surface area (Å²) in [4.78, 5) is 18.0. The third kappa shape index (κ3) is 6.03. The highest BCUT2D eigenvalue weighted by atomic mass is 19.4. The lowest BCUT2D eigenvalue weighted by atomic mass is 10.1. The number of aromatic nitrogens is 5. The zero-order valence-corrected chi connectivity index (χ0v) is 19.7. The first-order chi connectivity index (χ1) is 18.3. The number of benzene rings is 1. The smallest absolute Gasteiger partial charge is 0.378 e. The monoisotopic (exact) mass is 527 g/mol. The van der Waals surface area contributed by atoms with Crippen molar-refractivity contribution in [2.45, 2.75) is 6.18 Å². The van der Waals surface area contributed by atoms with Gasteiger partial charge >= 0.3 is 6.18 Å². The molecule has 0 saturated carbocycles. The molecule has 0 amide bonds. The average Bonchev–Trinajstić information content (AvgIpc) is 3.46. The standard InChI is InChI=1S/C24H21F4N9O/c25-21-14-31-23(34-22(21)36-5-7-38-8-6-36)35-32-13-17-1-2-18(12-30-17)33-19-9-16(24(26,27)28)10-20(11-19)37-4-3-29-15-37/h1-4,9-15,33H,5-8H2,(H,31,34,35)/b32-13+. The van der Waals surface area contributed by atoms with Gasteiger partial charge in [-0.2, -0.15) is 23.3 Å². The number of hydrazone groups is 1. The molecule has 1 aliphatic heterocycles. The van der Waals surface area contributed by atoms with Gasteiger partial charge in [-0.25, -0.2) is 19.8 Å². The Kier molecular flexibility index (Phi) is 7.13. The van der Waals surface area contributed by atoms with E-state index in [9.17, 15) is 17.6 Å². The van der Waals surface area contributed by atoms with Crippen LogP contribution in [0.5, 0.6) is 0 Å². The molecule has 0 atom stereocenters. The second-order valence-corrected chi connectivity index (χ2v) is 8.17. The van der Waals surface area contributed by atoms with Crippen LogP contribution in [0.25, 0.3) is 5.69 Å². The minimum atomic E-state index is -4.52. The van der Waals surface area contributed by atoms with Crippen LogP contribution in [0.15, 0.2) is 66.5 Å². The molecule has 1 aliphatic rings. The van der Waals surface area contributed by atoms with Gasteiger partial charge in [-0.3, -0.25) is 4.98 Å². The van der Waals surface area contributed by atoms with Crippen molar-refractivity contribution in [2.75, 3.05) is 41.9 Å². The van der Waals surface area contributed by atoms with Crippen LogP contribution in [0.3, 0.4) is 0 Å². The third-order valence-corrected chi connectivity index (χ3v) is 5.52. The van der Waals surface area contributed by atoms with E-state index in [0.29, 0.717) is 43.4 Å². The Morgan fingerprint density at radius 2 is 1.87 bits per heavy atom. The van der Waals surface area contributed by atoms with Crippen molar-refractivity contribution in [1.29, 1.82) is 0 Å². The van der Waals surface area contributed by atoms with Crippen molar-refractivity contribution in [3.63, 3.8) is 0 Å². The maximum Gasteiger partial charge on any atom is 0.416 e. The maximum atomic E-state index is 14.2. The van der Waals surface area contributed by atoms with Crippen LogP contribution in [0.1, 0.15) is 11.3 Å². The van der Waals surface area contributed by atoms with E-state index >= 15 is 0 Å². The third-order valence-electron chi connectivity index (χ3n) is 5.52. The van der Waals surface area contributed by atoms with Crippen molar-refractivity contribution >= 4 is 29.4 Å². The molecule has 5 rings (SSSR count). The summed E-state index contributed by atoms with van der Waals surface area (Å²) in [7, 11) is 0. The summed E-state index contributed by atoms with van der Waals surface area (Å²) in [6.07, 6.45) is 3.89. The van der Waals surface area contributed by atoms with E-state index in [1.165, 1.54) is 29.5 Å². The predicted octanol–water partition coefficient (Wildman–Crippen LogP) is 4.24. The van der Waals surface area contributed by atoms with Crippen molar-refractivity contribution in [3.05, 3.63) is 78.5 Å². The van der Waals surface area contributed by atoms with Crippen LogP contribution < -0.4 is 15.6 Å². The number of imidazole rings is 1. The van der Waals surface area contributed by atoms with E-state index < -0.39 is 17.6 Å². The van der Waals surface area contributed by atoms with Gasteiger partial charge in [0.05, 0.1) is 55.1 Å². The van der Waals surface area contributed by atoms with Gasteiger partial charge < -0.3 is 19.5 Å². The number of pyridine rings is 1. The van der Waals surface area contributed by atoms with Crippen LogP contribution >= 0.6 is 0 Å². The molecule has 4 heterocycles. The highest BCUT2D eigenvalue weighted by Crippen LogP contribution is 2.33. The fraction of sp³-hybridized carbons (Fsp3) is 0.208. The molecule has 0 aliphatic carbocycles. The van der Waals surface area contributed by atoms with E-state index in [2.05, 4.69) is 35.8 Å². The van der Waals surface area contributed by atoms with Crippen molar-refractivity contribution in [2.24, 2.45) is 5.10 Å². The molecular formula is C24H21F4N9O. The number of nitrogens with zero attached hydrogens (tertiary/aromatic N) is 7. The summed E-state index contributed by atoms with van der Waals surface area (Å²) >= 11 is 0. The second kappa shape index (κ2) is 10.8. The number of ether oxygens (including phenoxy) is 1. The largest absolute Gasteiger partial charge is 0.416 e. The molecule has 0 radical (unpaired) electrons. The molecule has 0 unspecified atom stereocenters. The Morgan fingerprint density at radius 1 is 1.03 bits per heavy atom. The minimum Gasteiger partial charge on any atom is -0.378 e. The molecule has 196 valence electrons. The summed E-state index contributed by atoms with van der Waals surface area (Å²) in [5.74, 6) is -0.259. The van der Waals surface area contributed by atoms with Crippen molar-refractivity contribution in [1.82, 2.24) is 24.5 Å². The summed E-state index contributed by atoms with van der Waals surface area (Å²) in [6.45, 7) is 2.01. The van der Waals surface area contributed by atoms with Gasteiger partial charge in [0.25, 0.3) is 0 Å². The summed E-state index contributed by atoms with van der Waals surface area (Å²) in [5, 5.41) is 6.98. The van der Waals surface area contributed by atoms with Gasteiger partial charge in [0.1, 0.15) is 0 Å². The molecule has 4 aromatic rings. The van der Waals surface area contributed by atoms with Crippen LogP contribution in [0.2, 0.25) is 0 Å². The van der Waals surface area contributed by atoms with E-state index in [1.807, 2.05) is 0 Å². The number of hydrogen-bond acceptors (Lipinski definition) is 9. The quantitative estimate of drug-likeness (QED) is 0.209. The minimum absolute atomic E-state index is 0.112. The lowest BCUT2D eigenvalue weighted by molar-refractivity contribution is -0.137. The van der Waals surface area contributed by atoms with E-state index in [1.54, 1.807) is 29.3 Å². The van der Waals surface area contributed by atoms with Crippen molar-refractivity contribution in [3.8, 4) is 5.69 Å². The molecule has 0 spiro atoms. The molecule has 1 fully saturated rings. The predicted molar refractivity (Wildman–Crippen MR) is 132 cm³/mol. The lowest BCUT2D eigenvalue weighted by Gasteiger charge is -2.27. The Morgan fingerprint density at radius 3 is 2.58 bits per heavy atom. The van der Waals surface area contributed by atoms with Gasteiger partial charge in [-0.15, -0.1) is 0 Å². The lowest BCUT2D eigenvalue weighted by Crippen LogP contribution is -2.37. The number of anilines is 4. The number of morpholine rings is 1. The Balaban J connectivity index is 1.26. The number of nitrogens with one attached hydrogen (secondary N) is 2. The molecule has 0 bridgehead atoms. The number of hydrogen-bond donors (Lipinski definition) is 2. The van der Waals surface area contributed by atoms with Crippen LogP contribution in [-0.4, -0.2) is 57.0 Å². The summed E-state index contributed by atoms with van der Waals surface area (Å²) < 4.78 is 61.2. The molecule has 2 N–H and O–H groups in total. The molecule has 10 nitrogen and oxygen atoms in total. The Hall–Kier alpha value is -4.59.